The van der Waals surface area contributed by atoms with E-state index in [-0.39, 0.29) is 0 Å². The number of morpholine rings is 2. The molecule has 8 N–H and O–H groups in total. The number of rotatable bonds is 21. The number of nitrogens with zero attached hydrogens (tertiary/aromatic N) is 9. The highest BCUT2D eigenvalue weighted by atomic mass is 16.5. The summed E-state index contributed by atoms with van der Waals surface area (Å²) < 4.78 is 44.7. The van der Waals surface area contributed by atoms with Crippen molar-refractivity contribution in [2.24, 2.45) is 7.05 Å². The first-order chi connectivity index (χ1) is 40.8. The molecule has 0 aliphatic carbocycles. The van der Waals surface area contributed by atoms with E-state index in [4.69, 9.17) is 46.6 Å². The van der Waals surface area contributed by atoms with Crippen LogP contribution in [-0.2, 0) is 63.5 Å². The Morgan fingerprint density at radius 2 is 0.750 bits per heavy atom. The van der Waals surface area contributed by atoms with Crippen molar-refractivity contribution >= 4 is 66.4 Å². The predicted octanol–water partition coefficient (Wildman–Crippen LogP) is 7.85. The van der Waals surface area contributed by atoms with Gasteiger partial charge in [0.1, 0.15) is 58.2 Å². The lowest BCUT2D eigenvalue weighted by molar-refractivity contribution is -0.917. The van der Waals surface area contributed by atoms with Crippen molar-refractivity contribution in [3.63, 3.8) is 0 Å². The smallest absolute Gasteiger partial charge is 0.243 e. The van der Waals surface area contributed by atoms with Gasteiger partial charge in [0, 0.05) is 88.7 Å². The third-order valence-electron chi connectivity index (χ3n) is 17.6. The van der Waals surface area contributed by atoms with Crippen molar-refractivity contribution in [3.05, 3.63) is 141 Å². The Labute approximate surface area is 497 Å². The molecule has 12 rings (SSSR count). The van der Waals surface area contributed by atoms with Crippen LogP contribution in [0.2, 0.25) is 0 Å². The molecule has 0 radical (unpaired) electrons. The van der Waals surface area contributed by atoms with Crippen LogP contribution in [-0.4, -0.2) is 182 Å². The minimum Gasteiger partial charge on any atom is -0.398 e. The van der Waals surface area contributed by atoms with E-state index >= 15 is 0 Å². The molecular formula is C66H97N13O5+4. The average Bonchev–Trinajstić information content (AvgIpc) is 4.49. The first-order valence-electron chi connectivity index (χ1n) is 30.5. The lowest BCUT2D eigenvalue weighted by Gasteiger charge is -2.37. The molecule has 3 aliphatic heterocycles. The molecule has 0 saturated carbocycles. The summed E-state index contributed by atoms with van der Waals surface area (Å²) in [5.74, 6) is 0. The Balaban J connectivity index is 0.000000135. The van der Waals surface area contributed by atoms with E-state index in [1.165, 1.54) is 53.4 Å². The van der Waals surface area contributed by atoms with E-state index in [0.29, 0.717) is 6.61 Å². The number of fused-ring (bicyclic) bond motifs is 4. The number of likely N-dealkylation sites (N-methyl/N-ethyl adjacent to an activating group) is 3. The van der Waals surface area contributed by atoms with E-state index in [2.05, 4.69) is 117 Å². The first kappa shape index (κ1) is 61.7. The van der Waals surface area contributed by atoms with Crippen LogP contribution in [0.5, 0.6) is 0 Å². The number of nitrogens with two attached hydrogens (primary N) is 4. The number of hydrogen-bond donors (Lipinski definition) is 4. The van der Waals surface area contributed by atoms with Gasteiger partial charge < -0.3 is 78.3 Å². The standard InChI is InChI=1S/C18H28N3O.C17H26N3O2.C16H21N4O.C15H22N3O/c1-21(11-3-2-4-12-21)13-15-22-14-10-20-9-8-16-17(19)6-5-7-18(16)20;1-20(9-13-22-14-10-20)8-12-21-11-7-19-6-5-15-16(18)3-2-4-17(15)19;1-18-7-8-19(13-18)9-11-21-12-10-20-6-5-14-15(17)3-2-4-16(14)20;1-18(9-11-19-12-10-18)8-7-17-6-5-13-14(16)3-2-4-15(13)17/h5-9H,2-4,10-15,19H2,1H3;2-6H,7-14,18H2,1H3;2-8,13H,9-12,17H2,1H3;2-6H,7-12,16H2,1H3/q4*+1. The van der Waals surface area contributed by atoms with Crippen LogP contribution in [0, 0.1) is 0 Å². The fourth-order valence-corrected chi connectivity index (χ4v) is 11.8. The van der Waals surface area contributed by atoms with Crippen LogP contribution >= 0.6 is 0 Å². The number of anilines is 4. The highest BCUT2D eigenvalue weighted by molar-refractivity contribution is 5.93. The molecule has 5 aromatic heterocycles. The topological polar surface area (TPSA) is 179 Å². The largest absolute Gasteiger partial charge is 0.398 e. The number of aromatic nitrogens is 6. The molecule has 0 amide bonds. The first-order valence-corrected chi connectivity index (χ1v) is 30.5. The van der Waals surface area contributed by atoms with Crippen molar-refractivity contribution in [3.8, 4) is 0 Å². The van der Waals surface area contributed by atoms with Gasteiger partial charge in [-0.15, -0.1) is 0 Å². The van der Waals surface area contributed by atoms with Crippen molar-refractivity contribution in [2.75, 3.05) is 169 Å². The molecule has 3 aliphatic rings. The third kappa shape index (κ3) is 16.9. The maximum Gasteiger partial charge on any atom is 0.243 e. The molecule has 3 fully saturated rings. The van der Waals surface area contributed by atoms with Crippen LogP contribution in [0.4, 0.5) is 22.7 Å². The summed E-state index contributed by atoms with van der Waals surface area (Å²) in [7, 11) is 8.99. The van der Waals surface area contributed by atoms with Gasteiger partial charge in [-0.2, -0.15) is 0 Å². The second kappa shape index (κ2) is 29.8. The molecule has 452 valence electrons. The van der Waals surface area contributed by atoms with E-state index in [1.807, 2.05) is 78.9 Å². The second-order valence-electron chi connectivity index (χ2n) is 24.0. The normalized spacial score (nSPS) is 16.4. The maximum absolute atomic E-state index is 6.00. The number of quaternary nitrogens is 3. The quantitative estimate of drug-likeness (QED) is 0.0241. The van der Waals surface area contributed by atoms with Gasteiger partial charge in [-0.05, 0) is 92.1 Å². The number of aryl methyl sites for hydroxylation is 1. The molecule has 0 unspecified atom stereocenters. The van der Waals surface area contributed by atoms with Crippen molar-refractivity contribution in [2.45, 2.75) is 52.0 Å². The Hall–Kier alpha value is -6.87. The molecule has 18 heteroatoms. The summed E-state index contributed by atoms with van der Waals surface area (Å²) in [5, 5.41) is 4.52. The van der Waals surface area contributed by atoms with Crippen LogP contribution in [0.25, 0.3) is 43.6 Å². The van der Waals surface area contributed by atoms with Crippen LogP contribution in [0.3, 0.4) is 0 Å². The second-order valence-corrected chi connectivity index (χ2v) is 24.0. The molecule has 0 bridgehead atoms. The SMILES string of the molecule is C[N+]1(CCOCCn2ccc3c(N)cccc32)CCCCC1.C[N+]1(CCOCCn2ccc3c(N)cccc32)CCOCC1.C[N+]1(CCn2ccc3c(N)cccc32)CCOCC1.C[n+]1ccn(CCOCCn2ccc3c(N)cccc32)c1. The zero-order valence-corrected chi connectivity index (χ0v) is 50.7. The van der Waals surface area contributed by atoms with Gasteiger partial charge >= 0.3 is 0 Å². The highest BCUT2D eigenvalue weighted by Crippen LogP contribution is 2.26. The summed E-state index contributed by atoms with van der Waals surface area (Å²) in [6.45, 7) is 22.9. The van der Waals surface area contributed by atoms with Gasteiger partial charge in [-0.25, -0.2) is 9.13 Å². The summed E-state index contributed by atoms with van der Waals surface area (Å²) in [6.07, 6.45) is 18.7. The van der Waals surface area contributed by atoms with Crippen LogP contribution < -0.4 is 27.5 Å². The molecule has 8 heterocycles. The van der Waals surface area contributed by atoms with Crippen molar-refractivity contribution in [1.82, 2.24) is 22.8 Å². The molecule has 3 saturated heterocycles. The Bertz CT molecular complexity index is 3320. The number of nitrogen functional groups attached to an aromatic ring is 4. The Morgan fingerprint density at radius 3 is 1.13 bits per heavy atom. The number of ether oxygens (including phenoxy) is 5. The minimum absolute atomic E-state index is 0.700. The van der Waals surface area contributed by atoms with Crippen LogP contribution in [0.15, 0.2) is 141 Å². The molecule has 0 spiro atoms. The zero-order chi connectivity index (χ0) is 58.8. The molecular weight excluding hydrogens is 1050 g/mol. The van der Waals surface area contributed by atoms with Gasteiger partial charge in [-0.1, -0.05) is 24.3 Å². The van der Waals surface area contributed by atoms with E-state index in [9.17, 15) is 0 Å². The van der Waals surface area contributed by atoms with Gasteiger partial charge in [0.25, 0.3) is 0 Å². The Morgan fingerprint density at radius 1 is 0.405 bits per heavy atom. The monoisotopic (exact) mass is 1150 g/mol. The number of imidazole rings is 1. The summed E-state index contributed by atoms with van der Waals surface area (Å²) >= 11 is 0. The highest BCUT2D eigenvalue weighted by Gasteiger charge is 2.27. The number of hydrogen-bond acceptors (Lipinski definition) is 9. The predicted molar refractivity (Wildman–Crippen MR) is 341 cm³/mol. The molecule has 0 atom stereocenters. The lowest BCUT2D eigenvalue weighted by atomic mass is 10.1. The van der Waals surface area contributed by atoms with Crippen molar-refractivity contribution < 1.29 is 41.7 Å². The molecule has 84 heavy (non-hydrogen) atoms. The summed E-state index contributed by atoms with van der Waals surface area (Å²) in [4.78, 5) is 0. The van der Waals surface area contributed by atoms with E-state index in [1.54, 1.807) is 0 Å². The van der Waals surface area contributed by atoms with E-state index in [0.717, 1.165) is 197 Å². The Kier molecular flexibility index (Phi) is 21.9. The summed E-state index contributed by atoms with van der Waals surface area (Å²) in [6, 6.07) is 32.6. The number of piperidine rings is 1. The fraction of sp³-hybridized carbons (Fsp3) is 0.470. The van der Waals surface area contributed by atoms with Gasteiger partial charge in [-0.3, -0.25) is 0 Å². The molecule has 9 aromatic rings. The van der Waals surface area contributed by atoms with Gasteiger partial charge in [0.2, 0.25) is 6.33 Å². The maximum atomic E-state index is 6.00. The van der Waals surface area contributed by atoms with Crippen molar-refractivity contribution in [1.29, 1.82) is 0 Å². The number of benzene rings is 4. The third-order valence-corrected chi connectivity index (χ3v) is 17.6. The van der Waals surface area contributed by atoms with Gasteiger partial charge in [0.05, 0.1) is 143 Å². The molecule has 18 nitrogen and oxygen atoms in total. The van der Waals surface area contributed by atoms with Crippen LogP contribution in [0.1, 0.15) is 19.3 Å². The minimum atomic E-state index is 0.700. The summed E-state index contributed by atoms with van der Waals surface area (Å²) in [5.41, 5.74) is 32.1. The molecule has 4 aromatic carbocycles. The fourth-order valence-electron chi connectivity index (χ4n) is 11.8. The average molecular weight is 1150 g/mol. The van der Waals surface area contributed by atoms with E-state index < -0.39 is 0 Å². The number of likely N-dealkylation sites (tertiary alicyclic amines) is 1. The lowest BCUT2D eigenvalue weighted by Crippen LogP contribution is -2.53. The zero-order valence-electron chi connectivity index (χ0n) is 50.7. The van der Waals surface area contributed by atoms with Gasteiger partial charge in [0.15, 0.2) is 0 Å².